The van der Waals surface area contributed by atoms with E-state index in [1.165, 1.54) is 36.8 Å². The first-order valence-electron chi connectivity index (χ1n) is 5.51. The Hall–Kier alpha value is -0.490. The average molecular weight is 209 g/mol. The van der Waals surface area contributed by atoms with E-state index in [-0.39, 0.29) is 5.38 Å². The number of fused-ring (bicyclic) bond motifs is 1. The molecule has 0 aromatic heterocycles. The molecular formula is C13H17Cl. The minimum atomic E-state index is 0.259. The topological polar surface area (TPSA) is 0 Å². The molecule has 0 N–H and O–H groups in total. The molecule has 0 saturated heterocycles. The van der Waals surface area contributed by atoms with Crippen molar-refractivity contribution < 1.29 is 0 Å². The zero-order valence-corrected chi connectivity index (χ0v) is 9.43. The van der Waals surface area contributed by atoms with Crippen LogP contribution < -0.4 is 0 Å². The summed E-state index contributed by atoms with van der Waals surface area (Å²) in [7, 11) is 0. The first kappa shape index (κ1) is 10.0. The van der Waals surface area contributed by atoms with Crippen LogP contribution in [-0.4, -0.2) is 5.38 Å². The minimum absolute atomic E-state index is 0.259. The molecule has 1 aliphatic carbocycles. The third kappa shape index (κ3) is 1.95. The number of rotatable bonds is 1. The molecule has 0 aliphatic heterocycles. The third-order valence-electron chi connectivity index (χ3n) is 3.22. The molecule has 0 heterocycles. The highest BCUT2D eigenvalue weighted by atomic mass is 35.5. The van der Waals surface area contributed by atoms with Gasteiger partial charge in [-0.1, -0.05) is 30.7 Å². The van der Waals surface area contributed by atoms with Gasteiger partial charge in [0.1, 0.15) is 0 Å². The Balaban J connectivity index is 2.37. The molecule has 0 radical (unpaired) electrons. The van der Waals surface area contributed by atoms with Crippen LogP contribution in [0.5, 0.6) is 0 Å². The lowest BCUT2D eigenvalue weighted by atomic mass is 9.90. The van der Waals surface area contributed by atoms with Crippen LogP contribution in [0.2, 0.25) is 0 Å². The normalized spacial score (nSPS) is 23.7. The predicted octanol–water partition coefficient (Wildman–Crippen LogP) is 4.12. The quantitative estimate of drug-likeness (QED) is 0.481. The average Bonchev–Trinajstić information content (AvgIpc) is 2.39. The lowest BCUT2D eigenvalue weighted by Gasteiger charge is -2.19. The Morgan fingerprint density at radius 1 is 1.29 bits per heavy atom. The predicted molar refractivity (Wildman–Crippen MR) is 62.1 cm³/mol. The van der Waals surface area contributed by atoms with Gasteiger partial charge in [-0.05, 0) is 37.3 Å². The Bertz CT molecular complexity index is 304. The summed E-state index contributed by atoms with van der Waals surface area (Å²) in [6.45, 7) is 2.12. The van der Waals surface area contributed by atoms with Gasteiger partial charge in [-0.3, -0.25) is 0 Å². The van der Waals surface area contributed by atoms with Crippen LogP contribution in [0.4, 0.5) is 0 Å². The van der Waals surface area contributed by atoms with E-state index in [0.717, 1.165) is 0 Å². The Morgan fingerprint density at radius 2 is 2.07 bits per heavy atom. The van der Waals surface area contributed by atoms with Gasteiger partial charge in [0.15, 0.2) is 0 Å². The summed E-state index contributed by atoms with van der Waals surface area (Å²) in [4.78, 5) is 0. The molecule has 2 unspecified atom stereocenters. The van der Waals surface area contributed by atoms with E-state index in [9.17, 15) is 0 Å². The molecule has 1 aliphatic rings. The van der Waals surface area contributed by atoms with Crippen LogP contribution in [0.25, 0.3) is 0 Å². The number of benzene rings is 1. The van der Waals surface area contributed by atoms with Crippen LogP contribution >= 0.6 is 11.6 Å². The van der Waals surface area contributed by atoms with Gasteiger partial charge >= 0.3 is 0 Å². The summed E-state index contributed by atoms with van der Waals surface area (Å²) < 4.78 is 0. The maximum atomic E-state index is 6.26. The van der Waals surface area contributed by atoms with E-state index in [4.69, 9.17) is 11.6 Å². The number of hydrogen-bond donors (Lipinski definition) is 0. The van der Waals surface area contributed by atoms with Gasteiger partial charge in [0.25, 0.3) is 0 Å². The summed E-state index contributed by atoms with van der Waals surface area (Å²) in [5.41, 5.74) is 3.01. The van der Waals surface area contributed by atoms with E-state index in [2.05, 4.69) is 31.2 Å². The molecule has 76 valence electrons. The molecule has 2 rings (SSSR count). The molecule has 0 spiro atoms. The number of halogens is 1. The molecule has 0 amide bonds. The molecule has 0 saturated carbocycles. The zero-order valence-electron chi connectivity index (χ0n) is 8.67. The van der Waals surface area contributed by atoms with E-state index in [1.54, 1.807) is 0 Å². The van der Waals surface area contributed by atoms with Gasteiger partial charge in [-0.25, -0.2) is 0 Å². The van der Waals surface area contributed by atoms with Crippen LogP contribution in [0.15, 0.2) is 24.3 Å². The van der Waals surface area contributed by atoms with Crippen molar-refractivity contribution in [1.82, 2.24) is 0 Å². The van der Waals surface area contributed by atoms with E-state index in [1.807, 2.05) is 0 Å². The summed E-state index contributed by atoms with van der Waals surface area (Å²) in [6, 6.07) is 8.79. The van der Waals surface area contributed by atoms with Crippen molar-refractivity contribution in [3.8, 4) is 0 Å². The summed E-state index contributed by atoms with van der Waals surface area (Å²) in [6.07, 6.45) is 5.12. The molecular weight excluding hydrogens is 192 g/mol. The largest absolute Gasteiger partial charge is 0.123 e. The summed E-state index contributed by atoms with van der Waals surface area (Å²) >= 11 is 6.26. The van der Waals surface area contributed by atoms with Gasteiger partial charge < -0.3 is 0 Å². The molecule has 0 nitrogen and oxygen atoms in total. The second-order valence-corrected chi connectivity index (χ2v) is 4.92. The van der Waals surface area contributed by atoms with Crippen molar-refractivity contribution in [2.45, 2.75) is 43.9 Å². The van der Waals surface area contributed by atoms with Gasteiger partial charge in [-0.15, -0.1) is 11.6 Å². The summed E-state index contributed by atoms with van der Waals surface area (Å²) in [5, 5.41) is 0.259. The maximum Gasteiger partial charge on any atom is 0.0376 e. The van der Waals surface area contributed by atoms with Gasteiger partial charge in [0.05, 0.1) is 0 Å². The number of hydrogen-bond acceptors (Lipinski definition) is 0. The monoisotopic (exact) mass is 208 g/mol. The number of alkyl halides is 1. The minimum Gasteiger partial charge on any atom is -0.123 e. The van der Waals surface area contributed by atoms with Gasteiger partial charge in [-0.2, -0.15) is 0 Å². The Kier molecular flexibility index (Phi) is 3.12. The first-order valence-corrected chi connectivity index (χ1v) is 5.94. The standard InChI is InChI=1S/C13H17Cl/c1-10(14)12-8-4-2-6-11-7-3-5-9-13(11)12/h3,5,7,9-10,12H,2,4,6,8H2,1H3. The van der Waals surface area contributed by atoms with Crippen LogP contribution in [0, 0.1) is 0 Å². The van der Waals surface area contributed by atoms with E-state index in [0.29, 0.717) is 5.92 Å². The van der Waals surface area contributed by atoms with Gasteiger partial charge in [0.2, 0.25) is 0 Å². The Morgan fingerprint density at radius 3 is 2.86 bits per heavy atom. The lowest BCUT2D eigenvalue weighted by molar-refractivity contribution is 0.586. The van der Waals surface area contributed by atoms with Crippen LogP contribution in [0.1, 0.15) is 43.2 Å². The fraction of sp³-hybridized carbons (Fsp3) is 0.538. The molecule has 2 atom stereocenters. The van der Waals surface area contributed by atoms with Crippen molar-refractivity contribution in [2.75, 3.05) is 0 Å². The van der Waals surface area contributed by atoms with Crippen molar-refractivity contribution >= 4 is 11.6 Å². The fourth-order valence-corrected chi connectivity index (χ4v) is 2.70. The summed E-state index contributed by atoms with van der Waals surface area (Å²) in [5.74, 6) is 0.565. The molecule has 1 aromatic rings. The molecule has 1 heteroatoms. The second kappa shape index (κ2) is 4.35. The maximum absolute atomic E-state index is 6.26. The lowest BCUT2D eigenvalue weighted by Crippen LogP contribution is -2.09. The van der Waals surface area contributed by atoms with Crippen molar-refractivity contribution in [2.24, 2.45) is 0 Å². The fourth-order valence-electron chi connectivity index (χ4n) is 2.44. The van der Waals surface area contributed by atoms with Crippen LogP contribution in [0.3, 0.4) is 0 Å². The second-order valence-electron chi connectivity index (χ2n) is 4.23. The first-order chi connectivity index (χ1) is 6.79. The van der Waals surface area contributed by atoms with Crippen molar-refractivity contribution in [3.05, 3.63) is 35.4 Å². The molecule has 1 aromatic carbocycles. The molecule has 14 heavy (non-hydrogen) atoms. The highest BCUT2D eigenvalue weighted by molar-refractivity contribution is 6.20. The zero-order chi connectivity index (χ0) is 9.97. The number of aryl methyl sites for hydroxylation is 1. The highest BCUT2D eigenvalue weighted by Crippen LogP contribution is 2.34. The van der Waals surface area contributed by atoms with E-state index < -0.39 is 0 Å². The van der Waals surface area contributed by atoms with Crippen molar-refractivity contribution in [3.63, 3.8) is 0 Å². The Labute approximate surface area is 91.3 Å². The van der Waals surface area contributed by atoms with E-state index >= 15 is 0 Å². The van der Waals surface area contributed by atoms with Gasteiger partial charge in [0, 0.05) is 11.3 Å². The third-order valence-corrected chi connectivity index (χ3v) is 3.52. The smallest absolute Gasteiger partial charge is 0.0376 e. The molecule has 0 bridgehead atoms. The van der Waals surface area contributed by atoms with Crippen molar-refractivity contribution in [1.29, 1.82) is 0 Å². The molecule has 0 fully saturated rings. The highest BCUT2D eigenvalue weighted by Gasteiger charge is 2.21. The SMILES string of the molecule is CC(Cl)C1CCCCc2ccccc21. The van der Waals surface area contributed by atoms with Crippen LogP contribution in [-0.2, 0) is 6.42 Å².